The number of hydrogen-bond donors (Lipinski definition) is 1. The number of amides is 1. The number of carbonyl (C=O) groups excluding carboxylic acids is 2. The summed E-state index contributed by atoms with van der Waals surface area (Å²) in [5.74, 6) is 0.280. The molecular formula is C18H18BrNO3. The van der Waals surface area contributed by atoms with Crippen molar-refractivity contribution in [2.24, 2.45) is 0 Å². The van der Waals surface area contributed by atoms with E-state index < -0.39 is 6.10 Å². The zero-order chi connectivity index (χ0) is 17.0. The fourth-order valence-corrected chi connectivity index (χ4v) is 2.59. The third-order valence-electron chi connectivity index (χ3n) is 3.30. The lowest BCUT2D eigenvalue weighted by molar-refractivity contribution is -0.122. The van der Waals surface area contributed by atoms with Crippen LogP contribution in [0.5, 0.6) is 5.75 Å². The van der Waals surface area contributed by atoms with E-state index in [2.05, 4.69) is 21.2 Å². The van der Waals surface area contributed by atoms with Crippen molar-refractivity contribution < 1.29 is 14.3 Å². The molecule has 0 radical (unpaired) electrons. The largest absolute Gasteiger partial charge is 0.480 e. The van der Waals surface area contributed by atoms with Crippen molar-refractivity contribution >= 4 is 33.3 Å². The first-order chi connectivity index (χ1) is 10.9. The Hall–Kier alpha value is -2.14. The van der Waals surface area contributed by atoms with Crippen LogP contribution in [0.4, 0.5) is 5.69 Å². The van der Waals surface area contributed by atoms with Gasteiger partial charge in [0.1, 0.15) is 5.75 Å². The smallest absolute Gasteiger partial charge is 0.265 e. The SMILES string of the molecule is CC(=O)c1cccc(NC(=O)[C@@H](C)Oc2ccc(C)cc2Br)c1. The Morgan fingerprint density at radius 3 is 2.57 bits per heavy atom. The molecule has 0 bridgehead atoms. The van der Waals surface area contributed by atoms with E-state index in [4.69, 9.17) is 4.74 Å². The van der Waals surface area contributed by atoms with Crippen LogP contribution in [0.25, 0.3) is 0 Å². The van der Waals surface area contributed by atoms with Crippen molar-refractivity contribution in [3.05, 3.63) is 58.1 Å². The van der Waals surface area contributed by atoms with Crippen molar-refractivity contribution in [2.75, 3.05) is 5.32 Å². The van der Waals surface area contributed by atoms with Gasteiger partial charge in [-0.15, -0.1) is 0 Å². The first kappa shape index (κ1) is 17.2. The molecule has 0 unspecified atom stereocenters. The Balaban J connectivity index is 2.05. The Bertz CT molecular complexity index is 743. The van der Waals surface area contributed by atoms with E-state index >= 15 is 0 Å². The topological polar surface area (TPSA) is 55.4 Å². The van der Waals surface area contributed by atoms with Crippen molar-refractivity contribution in [2.45, 2.75) is 26.9 Å². The molecular weight excluding hydrogens is 358 g/mol. The highest BCUT2D eigenvalue weighted by Crippen LogP contribution is 2.26. The molecule has 4 nitrogen and oxygen atoms in total. The fraction of sp³-hybridized carbons (Fsp3) is 0.222. The van der Waals surface area contributed by atoms with Crippen LogP contribution in [0.2, 0.25) is 0 Å². The van der Waals surface area contributed by atoms with Crippen LogP contribution in [-0.4, -0.2) is 17.8 Å². The van der Waals surface area contributed by atoms with E-state index in [0.29, 0.717) is 17.0 Å². The number of nitrogens with one attached hydrogen (secondary N) is 1. The van der Waals surface area contributed by atoms with E-state index in [1.807, 2.05) is 25.1 Å². The molecule has 0 aliphatic carbocycles. The Kier molecular flexibility index (Phi) is 5.55. The summed E-state index contributed by atoms with van der Waals surface area (Å²) in [5.41, 5.74) is 2.22. The average molecular weight is 376 g/mol. The van der Waals surface area contributed by atoms with Gasteiger partial charge in [-0.25, -0.2) is 0 Å². The quantitative estimate of drug-likeness (QED) is 0.789. The predicted molar refractivity (Wildman–Crippen MR) is 94.0 cm³/mol. The second-order valence-corrected chi connectivity index (χ2v) is 6.17. The highest BCUT2D eigenvalue weighted by molar-refractivity contribution is 9.10. The van der Waals surface area contributed by atoms with Crippen LogP contribution in [0.15, 0.2) is 46.9 Å². The zero-order valence-electron chi connectivity index (χ0n) is 13.2. The maximum Gasteiger partial charge on any atom is 0.265 e. The van der Waals surface area contributed by atoms with E-state index in [1.165, 1.54) is 6.92 Å². The highest BCUT2D eigenvalue weighted by Gasteiger charge is 2.16. The average Bonchev–Trinajstić information content (AvgIpc) is 2.50. The number of anilines is 1. The van der Waals surface area contributed by atoms with Gasteiger partial charge in [0.15, 0.2) is 11.9 Å². The van der Waals surface area contributed by atoms with Crippen molar-refractivity contribution in [1.82, 2.24) is 0 Å². The van der Waals surface area contributed by atoms with Crippen LogP contribution in [-0.2, 0) is 4.79 Å². The predicted octanol–water partition coefficient (Wildman–Crippen LogP) is 4.37. The minimum absolute atomic E-state index is 0.0472. The van der Waals surface area contributed by atoms with Crippen molar-refractivity contribution in [3.8, 4) is 5.75 Å². The maximum atomic E-state index is 12.2. The van der Waals surface area contributed by atoms with E-state index in [1.54, 1.807) is 31.2 Å². The molecule has 0 saturated carbocycles. The van der Waals surface area contributed by atoms with Crippen molar-refractivity contribution in [1.29, 1.82) is 0 Å². The van der Waals surface area contributed by atoms with Gasteiger partial charge >= 0.3 is 0 Å². The molecule has 23 heavy (non-hydrogen) atoms. The summed E-state index contributed by atoms with van der Waals surface area (Å²) in [4.78, 5) is 23.6. The molecule has 2 rings (SSSR count). The van der Waals surface area contributed by atoms with E-state index in [0.717, 1.165) is 10.0 Å². The van der Waals surface area contributed by atoms with Gasteiger partial charge in [-0.1, -0.05) is 18.2 Å². The molecule has 0 aromatic heterocycles. The molecule has 1 atom stereocenters. The van der Waals surface area contributed by atoms with E-state index in [-0.39, 0.29) is 11.7 Å². The number of aryl methyl sites for hydroxylation is 1. The molecule has 0 aliphatic rings. The number of rotatable bonds is 5. The number of ketones is 1. The molecule has 2 aromatic rings. The monoisotopic (exact) mass is 375 g/mol. The minimum Gasteiger partial charge on any atom is -0.480 e. The third-order valence-corrected chi connectivity index (χ3v) is 3.92. The molecule has 0 aliphatic heterocycles. The highest BCUT2D eigenvalue weighted by atomic mass is 79.9. The Morgan fingerprint density at radius 1 is 1.17 bits per heavy atom. The van der Waals surface area contributed by atoms with Gasteiger partial charge in [-0.3, -0.25) is 9.59 Å². The van der Waals surface area contributed by atoms with Gasteiger partial charge in [0.05, 0.1) is 4.47 Å². The lowest BCUT2D eigenvalue weighted by atomic mass is 10.1. The summed E-state index contributed by atoms with van der Waals surface area (Å²) in [7, 11) is 0. The first-order valence-corrected chi connectivity index (χ1v) is 8.01. The Labute approximate surface area is 144 Å². The zero-order valence-corrected chi connectivity index (χ0v) is 14.8. The maximum absolute atomic E-state index is 12.2. The number of benzene rings is 2. The fourth-order valence-electron chi connectivity index (χ4n) is 2.01. The van der Waals surface area contributed by atoms with Crippen LogP contribution in [0, 0.1) is 6.92 Å². The number of carbonyl (C=O) groups is 2. The van der Waals surface area contributed by atoms with Crippen LogP contribution < -0.4 is 10.1 Å². The summed E-state index contributed by atoms with van der Waals surface area (Å²) in [6.07, 6.45) is -0.671. The number of ether oxygens (including phenoxy) is 1. The molecule has 0 spiro atoms. The van der Waals surface area contributed by atoms with Gasteiger partial charge in [0.2, 0.25) is 0 Å². The number of halogens is 1. The lowest BCUT2D eigenvalue weighted by Crippen LogP contribution is -2.30. The second kappa shape index (κ2) is 7.42. The number of hydrogen-bond acceptors (Lipinski definition) is 3. The lowest BCUT2D eigenvalue weighted by Gasteiger charge is -2.16. The Morgan fingerprint density at radius 2 is 1.91 bits per heavy atom. The molecule has 1 amide bonds. The molecule has 0 saturated heterocycles. The second-order valence-electron chi connectivity index (χ2n) is 5.32. The van der Waals surface area contributed by atoms with Gasteiger partial charge < -0.3 is 10.1 Å². The third kappa shape index (κ3) is 4.66. The van der Waals surface area contributed by atoms with Crippen LogP contribution in [0.3, 0.4) is 0 Å². The standard InChI is InChI=1S/C18H18BrNO3/c1-11-7-8-17(16(19)9-11)23-13(3)18(22)20-15-6-4-5-14(10-15)12(2)21/h4-10,13H,1-3H3,(H,20,22)/t13-/m1/s1. The van der Waals surface area contributed by atoms with Gasteiger partial charge in [-0.2, -0.15) is 0 Å². The van der Waals surface area contributed by atoms with Crippen molar-refractivity contribution in [3.63, 3.8) is 0 Å². The van der Waals surface area contributed by atoms with Crippen LogP contribution >= 0.6 is 15.9 Å². The van der Waals surface area contributed by atoms with Gasteiger partial charge in [0, 0.05) is 11.3 Å². The van der Waals surface area contributed by atoms with E-state index in [9.17, 15) is 9.59 Å². The first-order valence-electron chi connectivity index (χ1n) is 7.21. The minimum atomic E-state index is -0.671. The molecule has 1 N–H and O–H groups in total. The van der Waals surface area contributed by atoms with Gasteiger partial charge in [-0.05, 0) is 66.5 Å². The molecule has 120 valence electrons. The van der Waals surface area contributed by atoms with Gasteiger partial charge in [0.25, 0.3) is 5.91 Å². The number of Topliss-reactive ketones (excluding diaryl/α,β-unsaturated/α-hetero) is 1. The summed E-state index contributed by atoms with van der Waals surface area (Å²) in [6.45, 7) is 5.14. The normalized spacial score (nSPS) is 11.7. The summed E-state index contributed by atoms with van der Waals surface area (Å²) >= 11 is 3.42. The molecule has 5 heteroatoms. The summed E-state index contributed by atoms with van der Waals surface area (Å²) in [5, 5.41) is 2.76. The molecule has 2 aromatic carbocycles. The molecule has 0 heterocycles. The summed E-state index contributed by atoms with van der Waals surface area (Å²) in [6, 6.07) is 12.5. The summed E-state index contributed by atoms with van der Waals surface area (Å²) < 4.78 is 6.49. The molecule has 0 fully saturated rings. The van der Waals surface area contributed by atoms with Crippen LogP contribution in [0.1, 0.15) is 29.8 Å².